The van der Waals surface area contributed by atoms with E-state index < -0.39 is 42.1 Å². The van der Waals surface area contributed by atoms with E-state index in [9.17, 15) is 31.1 Å². The van der Waals surface area contributed by atoms with Gasteiger partial charge in [0.15, 0.2) is 0 Å². The molecule has 0 saturated carbocycles. The average molecular weight is 447 g/mol. The average Bonchev–Trinajstić information content (AvgIpc) is 3.20. The predicted octanol–water partition coefficient (Wildman–Crippen LogP) is 3.94. The van der Waals surface area contributed by atoms with Gasteiger partial charge in [0.1, 0.15) is 0 Å². The quantitative estimate of drug-likeness (QED) is 0.658. The van der Waals surface area contributed by atoms with Crippen LogP contribution in [0.5, 0.6) is 0 Å². The number of nitrogens with two attached hydrogens (primary N) is 1. The lowest BCUT2D eigenvalue weighted by atomic mass is 9.90. The number of hydrogen-bond acceptors (Lipinski definition) is 4. The standard InChI is InChI=1S/C20H19F6N3O2/c21-19(22,23)18(20(24,25)26,31-11-14-3-1-9-28-14)13-7-5-12(6-8-13)16-15(17(27)30)4-2-10-29-16/h2,4-8,10,14,28H,1,3,9,11H2,(H2,27,30). The van der Waals surface area contributed by atoms with Gasteiger partial charge in [-0.1, -0.05) is 24.3 Å². The number of halogens is 6. The molecule has 0 bridgehead atoms. The molecule has 3 N–H and O–H groups in total. The second-order valence-electron chi connectivity index (χ2n) is 7.12. The maximum absolute atomic E-state index is 13.9. The van der Waals surface area contributed by atoms with Gasteiger partial charge in [0.25, 0.3) is 11.5 Å². The molecule has 5 nitrogen and oxygen atoms in total. The number of ether oxygens (including phenoxy) is 1. The SMILES string of the molecule is NC(=O)c1cccnc1-c1ccc(C(OCC2CCCN2)(C(F)(F)F)C(F)(F)F)cc1. The van der Waals surface area contributed by atoms with Crippen molar-refractivity contribution >= 4 is 5.91 Å². The van der Waals surface area contributed by atoms with Gasteiger partial charge in [0.2, 0.25) is 0 Å². The summed E-state index contributed by atoms with van der Waals surface area (Å²) in [6.45, 7) is -0.257. The molecule has 1 unspecified atom stereocenters. The molecule has 2 heterocycles. The minimum Gasteiger partial charge on any atom is -0.366 e. The number of benzene rings is 1. The number of carbonyl (C=O) groups is 1. The van der Waals surface area contributed by atoms with Crippen LogP contribution in [0.15, 0.2) is 42.6 Å². The fourth-order valence-electron chi connectivity index (χ4n) is 3.56. The Balaban J connectivity index is 2.04. The minimum atomic E-state index is -5.77. The number of aromatic nitrogens is 1. The lowest BCUT2D eigenvalue weighted by Gasteiger charge is -2.38. The van der Waals surface area contributed by atoms with Crippen LogP contribution < -0.4 is 11.1 Å². The molecule has 0 spiro atoms. The molecule has 168 valence electrons. The Kier molecular flexibility index (Phi) is 6.28. The van der Waals surface area contributed by atoms with Gasteiger partial charge in [-0.15, -0.1) is 0 Å². The van der Waals surface area contributed by atoms with E-state index in [1.54, 1.807) is 0 Å². The lowest BCUT2D eigenvalue weighted by Crippen LogP contribution is -2.57. The van der Waals surface area contributed by atoms with Gasteiger partial charge in [-0.05, 0) is 31.5 Å². The Morgan fingerprint density at radius 2 is 1.74 bits per heavy atom. The normalized spacial score (nSPS) is 17.7. The Morgan fingerprint density at radius 3 is 2.26 bits per heavy atom. The van der Waals surface area contributed by atoms with Crippen molar-refractivity contribution in [2.45, 2.75) is 36.8 Å². The van der Waals surface area contributed by atoms with Crippen molar-refractivity contribution in [3.05, 3.63) is 53.7 Å². The zero-order valence-electron chi connectivity index (χ0n) is 16.1. The Hall–Kier alpha value is -2.66. The van der Waals surface area contributed by atoms with E-state index in [1.165, 1.54) is 18.3 Å². The molecule has 1 aromatic carbocycles. The smallest absolute Gasteiger partial charge is 0.366 e. The summed E-state index contributed by atoms with van der Waals surface area (Å²) in [6.07, 6.45) is -9.16. The summed E-state index contributed by atoms with van der Waals surface area (Å²) in [6, 6.07) is 5.58. The van der Waals surface area contributed by atoms with Crippen molar-refractivity contribution in [1.29, 1.82) is 0 Å². The van der Waals surface area contributed by atoms with E-state index in [4.69, 9.17) is 5.73 Å². The van der Waals surface area contributed by atoms with Crippen molar-refractivity contribution in [2.75, 3.05) is 13.2 Å². The number of carbonyl (C=O) groups excluding carboxylic acids is 1. The van der Waals surface area contributed by atoms with Crippen LogP contribution in [0.25, 0.3) is 11.3 Å². The Morgan fingerprint density at radius 1 is 1.10 bits per heavy atom. The van der Waals surface area contributed by atoms with Gasteiger partial charge in [-0.3, -0.25) is 9.78 Å². The molecule has 11 heteroatoms. The lowest BCUT2D eigenvalue weighted by molar-refractivity contribution is -0.390. The number of amides is 1. The second-order valence-corrected chi connectivity index (χ2v) is 7.12. The van der Waals surface area contributed by atoms with Crippen LogP contribution in [-0.4, -0.2) is 42.4 Å². The number of rotatable bonds is 6. The highest BCUT2D eigenvalue weighted by Crippen LogP contribution is 2.53. The summed E-state index contributed by atoms with van der Waals surface area (Å²) in [5, 5.41) is 2.82. The highest BCUT2D eigenvalue weighted by atomic mass is 19.4. The van der Waals surface area contributed by atoms with E-state index in [0.29, 0.717) is 31.5 Å². The summed E-state index contributed by atoms with van der Waals surface area (Å²) in [5.41, 5.74) is -0.198. The summed E-state index contributed by atoms with van der Waals surface area (Å²) in [5.74, 6) is -0.834. The highest BCUT2D eigenvalue weighted by molar-refractivity contribution is 5.98. The number of nitrogens with zero attached hydrogens (tertiary/aromatic N) is 1. The summed E-state index contributed by atoms with van der Waals surface area (Å²) < 4.78 is 87.9. The van der Waals surface area contributed by atoms with Gasteiger partial charge >= 0.3 is 12.4 Å². The zero-order chi connectivity index (χ0) is 22.9. The second kappa shape index (κ2) is 8.46. The molecule has 1 aliphatic heterocycles. The number of nitrogens with one attached hydrogen (secondary N) is 1. The molecular weight excluding hydrogens is 428 g/mol. The van der Waals surface area contributed by atoms with E-state index in [2.05, 4.69) is 15.0 Å². The third kappa shape index (κ3) is 4.38. The predicted molar refractivity (Wildman–Crippen MR) is 99.0 cm³/mol. The van der Waals surface area contributed by atoms with Crippen molar-refractivity contribution in [3.8, 4) is 11.3 Å². The molecule has 0 radical (unpaired) electrons. The van der Waals surface area contributed by atoms with Crippen LogP contribution >= 0.6 is 0 Å². The van der Waals surface area contributed by atoms with Crippen LogP contribution in [0.3, 0.4) is 0 Å². The topological polar surface area (TPSA) is 77.2 Å². The Bertz CT molecular complexity index is 908. The number of alkyl halides is 6. The van der Waals surface area contributed by atoms with Gasteiger partial charge in [0.05, 0.1) is 17.9 Å². The molecule has 31 heavy (non-hydrogen) atoms. The first-order valence-corrected chi connectivity index (χ1v) is 9.34. The third-order valence-electron chi connectivity index (χ3n) is 5.10. The zero-order valence-corrected chi connectivity index (χ0v) is 16.1. The molecule has 2 aromatic rings. The summed E-state index contributed by atoms with van der Waals surface area (Å²) in [4.78, 5) is 15.5. The maximum Gasteiger partial charge on any atom is 0.430 e. The number of primary amides is 1. The first-order chi connectivity index (χ1) is 14.5. The van der Waals surface area contributed by atoms with Crippen LogP contribution in [0.2, 0.25) is 0 Å². The van der Waals surface area contributed by atoms with Crippen LogP contribution in [0.4, 0.5) is 26.3 Å². The number of pyridine rings is 1. The van der Waals surface area contributed by atoms with Crippen LogP contribution in [0.1, 0.15) is 28.8 Å². The summed E-state index contributed by atoms with van der Waals surface area (Å²) in [7, 11) is 0. The molecule has 0 aliphatic carbocycles. The largest absolute Gasteiger partial charge is 0.430 e. The highest BCUT2D eigenvalue weighted by Gasteiger charge is 2.73. The van der Waals surface area contributed by atoms with Gasteiger partial charge in [-0.25, -0.2) is 0 Å². The fourth-order valence-corrected chi connectivity index (χ4v) is 3.56. The van der Waals surface area contributed by atoms with Crippen LogP contribution in [-0.2, 0) is 10.3 Å². The van der Waals surface area contributed by atoms with E-state index >= 15 is 0 Å². The summed E-state index contributed by atoms with van der Waals surface area (Å²) >= 11 is 0. The first kappa shape index (κ1) is 23.0. The van der Waals surface area contributed by atoms with Crippen molar-refractivity contribution in [2.24, 2.45) is 5.73 Å². The number of hydrogen-bond donors (Lipinski definition) is 2. The molecule has 1 aliphatic rings. The van der Waals surface area contributed by atoms with Crippen molar-refractivity contribution < 1.29 is 35.9 Å². The molecule has 3 rings (SSSR count). The molecular formula is C20H19F6N3O2. The van der Waals surface area contributed by atoms with E-state index in [1.807, 2.05) is 0 Å². The molecule has 1 saturated heterocycles. The first-order valence-electron chi connectivity index (χ1n) is 9.34. The molecule has 1 aromatic heterocycles. The molecule has 1 amide bonds. The van der Waals surface area contributed by atoms with E-state index in [-0.39, 0.29) is 16.8 Å². The van der Waals surface area contributed by atoms with E-state index in [0.717, 1.165) is 12.1 Å². The maximum atomic E-state index is 13.9. The molecule has 1 fully saturated rings. The third-order valence-corrected chi connectivity index (χ3v) is 5.10. The van der Waals surface area contributed by atoms with Gasteiger partial charge < -0.3 is 15.8 Å². The monoisotopic (exact) mass is 447 g/mol. The molecule has 1 atom stereocenters. The fraction of sp³-hybridized carbons (Fsp3) is 0.400. The minimum absolute atomic E-state index is 0.0169. The van der Waals surface area contributed by atoms with Gasteiger partial charge in [-0.2, -0.15) is 26.3 Å². The Labute approximate surface area is 173 Å². The van der Waals surface area contributed by atoms with Crippen molar-refractivity contribution in [1.82, 2.24) is 10.3 Å². The van der Waals surface area contributed by atoms with Gasteiger partial charge in [0, 0.05) is 23.4 Å². The van der Waals surface area contributed by atoms with Crippen LogP contribution in [0, 0.1) is 0 Å². The van der Waals surface area contributed by atoms with Crippen molar-refractivity contribution in [3.63, 3.8) is 0 Å².